The molecule has 1 aromatic rings. The number of hydrogen-bond acceptors (Lipinski definition) is 4. The minimum absolute atomic E-state index is 0.0115. The highest BCUT2D eigenvalue weighted by Crippen LogP contribution is 2.51. The lowest BCUT2D eigenvalue weighted by Gasteiger charge is -2.35. The molecule has 2 aliphatic carbocycles. The number of nitrogens with two attached hydrogens (primary N) is 2. The SMILES string of the molecule is C/C(=C\c1ccc(C(=N)N(N)ON)cc1)C1=CC2=C(CC1)C(C)(C)CCCC2(C)C. The Balaban J connectivity index is 1.88. The highest BCUT2D eigenvalue weighted by atomic mass is 16.8. The molecule has 2 aliphatic rings. The first kappa shape index (κ1) is 22.5. The summed E-state index contributed by atoms with van der Waals surface area (Å²) >= 11 is 0. The molecular weight excluding hydrogens is 372 g/mol. The molecular formula is C25H36N4O. The van der Waals surface area contributed by atoms with Gasteiger partial charge < -0.3 is 0 Å². The molecule has 0 heterocycles. The van der Waals surface area contributed by atoms with Crippen LogP contribution in [0, 0.1) is 16.2 Å². The summed E-state index contributed by atoms with van der Waals surface area (Å²) in [7, 11) is 0. The van der Waals surface area contributed by atoms with Crippen LogP contribution in [0.4, 0.5) is 0 Å². The van der Waals surface area contributed by atoms with Crippen molar-refractivity contribution in [3.05, 3.63) is 63.8 Å². The predicted octanol–water partition coefficient (Wildman–Crippen LogP) is 5.65. The summed E-state index contributed by atoms with van der Waals surface area (Å²) in [4.78, 5) is 4.39. The molecule has 3 rings (SSSR count). The van der Waals surface area contributed by atoms with Crippen molar-refractivity contribution in [2.24, 2.45) is 22.6 Å². The lowest BCUT2D eigenvalue weighted by Crippen LogP contribution is -2.39. The zero-order valence-electron chi connectivity index (χ0n) is 19.0. The Morgan fingerprint density at radius 3 is 2.33 bits per heavy atom. The van der Waals surface area contributed by atoms with Gasteiger partial charge in [-0.25, -0.2) is 5.84 Å². The minimum Gasteiger partial charge on any atom is -0.281 e. The minimum atomic E-state index is 0.0115. The summed E-state index contributed by atoms with van der Waals surface area (Å²) in [6.45, 7) is 11.8. The van der Waals surface area contributed by atoms with Gasteiger partial charge in [-0.1, -0.05) is 76.1 Å². The highest BCUT2D eigenvalue weighted by Gasteiger charge is 2.36. The highest BCUT2D eigenvalue weighted by molar-refractivity contribution is 5.95. The van der Waals surface area contributed by atoms with Crippen LogP contribution in [-0.4, -0.2) is 11.0 Å². The molecule has 5 nitrogen and oxygen atoms in total. The molecule has 0 unspecified atom stereocenters. The van der Waals surface area contributed by atoms with E-state index >= 15 is 0 Å². The van der Waals surface area contributed by atoms with E-state index in [1.807, 2.05) is 24.3 Å². The number of hydroxylamine groups is 1. The summed E-state index contributed by atoms with van der Waals surface area (Å²) < 4.78 is 0. The number of nitrogens with one attached hydrogen (secondary N) is 1. The van der Waals surface area contributed by atoms with Crippen LogP contribution >= 0.6 is 0 Å². The lowest BCUT2D eigenvalue weighted by atomic mass is 9.70. The van der Waals surface area contributed by atoms with E-state index in [0.29, 0.717) is 11.0 Å². The number of rotatable bonds is 4. The van der Waals surface area contributed by atoms with Crippen molar-refractivity contribution >= 4 is 11.9 Å². The van der Waals surface area contributed by atoms with Crippen molar-refractivity contribution in [3.8, 4) is 0 Å². The van der Waals surface area contributed by atoms with Gasteiger partial charge in [0.25, 0.3) is 0 Å². The molecule has 0 atom stereocenters. The first-order valence-electron chi connectivity index (χ1n) is 10.8. The first-order chi connectivity index (χ1) is 14.0. The monoisotopic (exact) mass is 408 g/mol. The molecule has 0 aromatic heterocycles. The zero-order chi connectivity index (χ0) is 22.1. The maximum atomic E-state index is 7.95. The van der Waals surface area contributed by atoms with Gasteiger partial charge in [0.15, 0.2) is 5.84 Å². The number of hydrazine groups is 1. The fourth-order valence-corrected chi connectivity index (χ4v) is 4.86. The lowest BCUT2D eigenvalue weighted by molar-refractivity contribution is -0.105. The standard InChI is InChI=1S/C25H36N4O/c1-17(15-18-7-9-19(10-8-18)23(26)29(27)30-28)20-11-12-21-22(16-20)25(4,5)14-6-13-24(21,2)3/h7-10,15-16,26H,6,11-14,27-28H2,1-5H3/b17-15+,26-23?. The second-order valence-electron chi connectivity index (χ2n) is 9.91. The van der Waals surface area contributed by atoms with Gasteiger partial charge in [0.2, 0.25) is 0 Å². The number of nitrogens with zero attached hydrogens (tertiary/aromatic N) is 1. The number of hydrogen-bond donors (Lipinski definition) is 3. The third-order valence-corrected chi connectivity index (χ3v) is 6.85. The van der Waals surface area contributed by atoms with Crippen molar-refractivity contribution < 1.29 is 4.94 Å². The molecule has 0 spiro atoms. The number of benzene rings is 1. The molecule has 0 fully saturated rings. The summed E-state index contributed by atoms with van der Waals surface area (Å²) in [5, 5.41) is 8.69. The van der Waals surface area contributed by atoms with Crippen LogP contribution in [0.5, 0.6) is 0 Å². The van der Waals surface area contributed by atoms with E-state index in [-0.39, 0.29) is 11.3 Å². The van der Waals surface area contributed by atoms with Gasteiger partial charge in [0, 0.05) is 5.56 Å². The van der Waals surface area contributed by atoms with Crippen LogP contribution in [0.1, 0.15) is 77.8 Å². The van der Waals surface area contributed by atoms with Crippen LogP contribution in [0.2, 0.25) is 0 Å². The Morgan fingerprint density at radius 1 is 1.07 bits per heavy atom. The number of amidine groups is 1. The Labute approximate surface area is 180 Å². The number of allylic oxidation sites excluding steroid dienone is 5. The molecule has 5 N–H and O–H groups in total. The maximum Gasteiger partial charge on any atom is 0.172 e. The summed E-state index contributed by atoms with van der Waals surface area (Å²) in [5.41, 5.74) is 8.23. The van der Waals surface area contributed by atoms with Gasteiger partial charge in [0.05, 0.1) is 0 Å². The molecule has 1 aromatic carbocycles. The third kappa shape index (κ3) is 4.59. The third-order valence-electron chi connectivity index (χ3n) is 6.85. The van der Waals surface area contributed by atoms with Gasteiger partial charge in [-0.2, -0.15) is 10.8 Å². The molecule has 0 radical (unpaired) electrons. The van der Waals surface area contributed by atoms with Crippen molar-refractivity contribution in [3.63, 3.8) is 0 Å². The van der Waals surface area contributed by atoms with Gasteiger partial charge in [-0.15, -0.1) is 5.17 Å². The van der Waals surface area contributed by atoms with E-state index in [0.717, 1.165) is 23.6 Å². The first-order valence-corrected chi connectivity index (χ1v) is 10.8. The molecule has 30 heavy (non-hydrogen) atoms. The Bertz CT molecular complexity index is 904. The second kappa shape index (κ2) is 8.50. The molecule has 0 saturated carbocycles. The average Bonchev–Trinajstić information content (AvgIpc) is 2.80. The van der Waals surface area contributed by atoms with Crippen LogP contribution in [0.3, 0.4) is 0 Å². The zero-order valence-corrected chi connectivity index (χ0v) is 19.0. The molecule has 5 heteroatoms. The van der Waals surface area contributed by atoms with E-state index in [9.17, 15) is 0 Å². The maximum absolute atomic E-state index is 7.95. The van der Waals surface area contributed by atoms with Crippen LogP contribution in [0.25, 0.3) is 6.08 Å². The normalized spacial score (nSPS) is 20.9. The van der Waals surface area contributed by atoms with Crippen LogP contribution in [0.15, 0.2) is 52.6 Å². The van der Waals surface area contributed by atoms with Gasteiger partial charge in [-0.3, -0.25) is 5.41 Å². The van der Waals surface area contributed by atoms with Crippen LogP contribution in [-0.2, 0) is 4.94 Å². The fourth-order valence-electron chi connectivity index (χ4n) is 4.86. The van der Waals surface area contributed by atoms with Crippen LogP contribution < -0.4 is 11.7 Å². The Kier molecular flexibility index (Phi) is 6.37. The smallest absolute Gasteiger partial charge is 0.172 e. The Hall–Kier alpha value is -2.21. The van der Waals surface area contributed by atoms with Crippen molar-refractivity contribution in [2.45, 2.75) is 66.7 Å². The fraction of sp³-hybridized carbons (Fsp3) is 0.480. The molecule has 0 bridgehead atoms. The largest absolute Gasteiger partial charge is 0.281 e. The molecule has 0 saturated heterocycles. The summed E-state index contributed by atoms with van der Waals surface area (Å²) in [6, 6.07) is 7.69. The van der Waals surface area contributed by atoms with Crippen molar-refractivity contribution in [2.75, 3.05) is 0 Å². The van der Waals surface area contributed by atoms with Gasteiger partial charge in [-0.05, 0) is 65.7 Å². The van der Waals surface area contributed by atoms with E-state index < -0.39 is 0 Å². The van der Waals surface area contributed by atoms with Crippen molar-refractivity contribution in [1.82, 2.24) is 5.17 Å². The molecule has 162 valence electrons. The van der Waals surface area contributed by atoms with E-state index in [4.69, 9.17) is 17.1 Å². The molecule has 0 amide bonds. The van der Waals surface area contributed by atoms with E-state index in [1.54, 1.807) is 11.1 Å². The molecule has 0 aliphatic heterocycles. The summed E-state index contributed by atoms with van der Waals surface area (Å²) in [6.07, 6.45) is 10.8. The summed E-state index contributed by atoms with van der Waals surface area (Å²) in [5.74, 6) is 10.5. The predicted molar refractivity (Wildman–Crippen MR) is 124 cm³/mol. The topological polar surface area (TPSA) is 88.4 Å². The Morgan fingerprint density at radius 2 is 1.70 bits per heavy atom. The van der Waals surface area contributed by atoms with E-state index in [2.05, 4.69) is 51.7 Å². The van der Waals surface area contributed by atoms with Gasteiger partial charge >= 0.3 is 0 Å². The van der Waals surface area contributed by atoms with Crippen molar-refractivity contribution in [1.29, 1.82) is 5.41 Å². The van der Waals surface area contributed by atoms with E-state index in [1.165, 1.54) is 30.4 Å². The second-order valence-corrected chi connectivity index (χ2v) is 9.91. The van der Waals surface area contributed by atoms with Gasteiger partial charge in [0.1, 0.15) is 0 Å². The average molecular weight is 409 g/mol. The quantitative estimate of drug-likeness (QED) is 0.260.